The summed E-state index contributed by atoms with van der Waals surface area (Å²) in [6, 6.07) is 12.7. The van der Waals surface area contributed by atoms with E-state index in [-0.39, 0.29) is 35.2 Å². The maximum atomic E-state index is 13.6. The molecule has 0 unspecified atom stereocenters. The van der Waals surface area contributed by atoms with Gasteiger partial charge in [-0.05, 0) is 40.5 Å². The quantitative estimate of drug-likeness (QED) is 0.591. The maximum absolute atomic E-state index is 13.6. The highest BCUT2D eigenvalue weighted by Crippen LogP contribution is 2.34. The van der Waals surface area contributed by atoms with E-state index < -0.39 is 0 Å². The van der Waals surface area contributed by atoms with E-state index in [2.05, 4.69) is 95.6 Å². The van der Waals surface area contributed by atoms with Crippen molar-refractivity contribution in [3.63, 3.8) is 0 Å². The molecule has 0 radical (unpaired) electrons. The van der Waals surface area contributed by atoms with Crippen LogP contribution in [0, 0.1) is 5.41 Å². The molecule has 2 aromatic rings. The van der Waals surface area contributed by atoms with Gasteiger partial charge in [0.2, 0.25) is 11.8 Å². The zero-order valence-electron chi connectivity index (χ0n) is 21.5. The summed E-state index contributed by atoms with van der Waals surface area (Å²) >= 11 is 0. The third-order valence-corrected chi connectivity index (χ3v) is 6.30. The molecular formula is C28H41N3O2. The normalized spacial score (nSPS) is 16.5. The molecule has 180 valence electrons. The first-order valence-electron chi connectivity index (χ1n) is 12.2. The van der Waals surface area contributed by atoms with Gasteiger partial charge in [-0.1, -0.05) is 72.7 Å². The number of carbonyl (C=O) groups is 2. The minimum atomic E-state index is -0.142. The van der Waals surface area contributed by atoms with Gasteiger partial charge in [-0.15, -0.1) is 0 Å². The van der Waals surface area contributed by atoms with Gasteiger partial charge in [-0.3, -0.25) is 9.59 Å². The van der Waals surface area contributed by atoms with Crippen LogP contribution in [0.1, 0.15) is 84.2 Å². The second kappa shape index (κ2) is 9.74. The smallest absolute Gasteiger partial charge is 0.243 e. The van der Waals surface area contributed by atoms with Crippen LogP contribution < -0.4 is 0 Å². The summed E-state index contributed by atoms with van der Waals surface area (Å²) in [5.41, 5.74) is 3.49. The standard InChI is InChI=1S/C28H41N3O2/c1-8-15-30(24(32)19-27(2,3)4)20-25(33)31-18-17-29-16-9-10-23(29)26(31)21-11-13-22(14-12-21)28(5,6)7/h9-14,16,26H,8,15,17-20H2,1-7H3/t26-/m1/s1. The SMILES string of the molecule is CCCN(CC(=O)N1CCn2cccc2[C@H]1c1ccc(C(C)(C)C)cc1)C(=O)CC(C)(C)C. The number of nitrogens with zero attached hydrogens (tertiary/aromatic N) is 3. The first kappa shape index (κ1) is 25.1. The lowest BCUT2D eigenvalue weighted by atomic mass is 9.86. The van der Waals surface area contributed by atoms with Crippen LogP contribution in [0.2, 0.25) is 0 Å². The van der Waals surface area contributed by atoms with E-state index in [1.165, 1.54) is 5.56 Å². The molecule has 0 N–H and O–H groups in total. The van der Waals surface area contributed by atoms with Crippen LogP contribution in [-0.4, -0.2) is 45.8 Å². The summed E-state index contributed by atoms with van der Waals surface area (Å²) in [5, 5.41) is 0. The fourth-order valence-corrected chi connectivity index (χ4v) is 4.55. The number of carbonyl (C=O) groups excluding carboxylic acids is 2. The molecule has 1 aromatic heterocycles. The Kier molecular flexibility index (Phi) is 7.40. The van der Waals surface area contributed by atoms with E-state index in [0.29, 0.717) is 19.5 Å². The van der Waals surface area contributed by atoms with Crippen molar-refractivity contribution in [2.45, 2.75) is 79.3 Å². The van der Waals surface area contributed by atoms with Crippen LogP contribution in [-0.2, 0) is 21.5 Å². The number of aromatic nitrogens is 1. The largest absolute Gasteiger partial charge is 0.348 e. The lowest BCUT2D eigenvalue weighted by Crippen LogP contribution is -2.48. The van der Waals surface area contributed by atoms with Crippen molar-refractivity contribution in [3.8, 4) is 0 Å². The Morgan fingerprint density at radius 3 is 2.24 bits per heavy atom. The van der Waals surface area contributed by atoms with Crippen molar-refractivity contribution in [3.05, 3.63) is 59.4 Å². The van der Waals surface area contributed by atoms with Crippen molar-refractivity contribution in [2.75, 3.05) is 19.6 Å². The molecule has 0 fully saturated rings. The number of hydrogen-bond donors (Lipinski definition) is 0. The van der Waals surface area contributed by atoms with E-state index in [0.717, 1.165) is 24.2 Å². The Balaban J connectivity index is 1.88. The molecular weight excluding hydrogens is 410 g/mol. The summed E-state index contributed by atoms with van der Waals surface area (Å²) in [4.78, 5) is 30.3. The predicted molar refractivity (Wildman–Crippen MR) is 134 cm³/mol. The second-order valence-electron chi connectivity index (χ2n) is 11.5. The van der Waals surface area contributed by atoms with Crippen molar-refractivity contribution in [2.24, 2.45) is 5.41 Å². The average Bonchev–Trinajstić information content (AvgIpc) is 3.19. The Morgan fingerprint density at radius 2 is 1.67 bits per heavy atom. The zero-order valence-corrected chi connectivity index (χ0v) is 21.5. The fourth-order valence-electron chi connectivity index (χ4n) is 4.55. The lowest BCUT2D eigenvalue weighted by Gasteiger charge is -2.39. The highest BCUT2D eigenvalue weighted by atomic mass is 16.2. The van der Waals surface area contributed by atoms with Crippen molar-refractivity contribution < 1.29 is 9.59 Å². The van der Waals surface area contributed by atoms with Gasteiger partial charge < -0.3 is 14.4 Å². The van der Waals surface area contributed by atoms with Gasteiger partial charge in [-0.25, -0.2) is 0 Å². The number of benzene rings is 1. The first-order valence-corrected chi connectivity index (χ1v) is 12.2. The van der Waals surface area contributed by atoms with Gasteiger partial charge in [0.1, 0.15) is 0 Å². The zero-order chi connectivity index (χ0) is 24.4. The highest BCUT2D eigenvalue weighted by molar-refractivity contribution is 5.85. The van der Waals surface area contributed by atoms with E-state index in [9.17, 15) is 9.59 Å². The topological polar surface area (TPSA) is 45.6 Å². The lowest BCUT2D eigenvalue weighted by molar-refractivity contribution is -0.143. The Morgan fingerprint density at radius 1 is 1.00 bits per heavy atom. The molecule has 5 heteroatoms. The molecule has 3 rings (SSSR count). The molecule has 0 spiro atoms. The van der Waals surface area contributed by atoms with Gasteiger partial charge in [0, 0.05) is 37.9 Å². The number of fused-ring (bicyclic) bond motifs is 1. The highest BCUT2D eigenvalue weighted by Gasteiger charge is 2.34. The van der Waals surface area contributed by atoms with Crippen molar-refractivity contribution in [1.29, 1.82) is 0 Å². The first-order chi connectivity index (χ1) is 15.4. The predicted octanol–water partition coefficient (Wildman–Crippen LogP) is 5.39. The summed E-state index contributed by atoms with van der Waals surface area (Å²) in [5.74, 6) is 0.0761. The van der Waals surface area contributed by atoms with E-state index in [4.69, 9.17) is 0 Å². The number of amides is 2. The monoisotopic (exact) mass is 451 g/mol. The van der Waals surface area contributed by atoms with Crippen LogP contribution in [0.3, 0.4) is 0 Å². The molecule has 0 aliphatic carbocycles. The maximum Gasteiger partial charge on any atom is 0.243 e. The molecule has 1 atom stereocenters. The van der Waals surface area contributed by atoms with Gasteiger partial charge in [0.25, 0.3) is 0 Å². The van der Waals surface area contributed by atoms with E-state index >= 15 is 0 Å². The third-order valence-electron chi connectivity index (χ3n) is 6.30. The van der Waals surface area contributed by atoms with E-state index in [1.807, 2.05) is 4.90 Å². The molecule has 0 bridgehead atoms. The molecule has 33 heavy (non-hydrogen) atoms. The van der Waals surface area contributed by atoms with Crippen LogP contribution in [0.5, 0.6) is 0 Å². The van der Waals surface area contributed by atoms with Crippen molar-refractivity contribution in [1.82, 2.24) is 14.4 Å². The fraction of sp³-hybridized carbons (Fsp3) is 0.571. The molecule has 2 heterocycles. The minimum Gasteiger partial charge on any atom is -0.348 e. The average molecular weight is 452 g/mol. The van der Waals surface area contributed by atoms with Crippen molar-refractivity contribution >= 4 is 11.8 Å². The van der Waals surface area contributed by atoms with Crippen LogP contribution >= 0.6 is 0 Å². The summed E-state index contributed by atoms with van der Waals surface area (Å²) in [6.45, 7) is 17.0. The molecule has 5 nitrogen and oxygen atoms in total. The Bertz CT molecular complexity index is 960. The van der Waals surface area contributed by atoms with E-state index in [1.54, 1.807) is 4.90 Å². The molecule has 0 saturated heterocycles. The van der Waals surface area contributed by atoms with Crippen LogP contribution in [0.15, 0.2) is 42.6 Å². The summed E-state index contributed by atoms with van der Waals surface area (Å²) < 4.78 is 2.24. The van der Waals surface area contributed by atoms with Gasteiger partial charge in [0.05, 0.1) is 12.6 Å². The molecule has 1 aliphatic heterocycles. The van der Waals surface area contributed by atoms with Gasteiger partial charge >= 0.3 is 0 Å². The molecule has 2 amide bonds. The van der Waals surface area contributed by atoms with Gasteiger partial charge in [-0.2, -0.15) is 0 Å². The van der Waals surface area contributed by atoms with Gasteiger partial charge in [0.15, 0.2) is 0 Å². The van der Waals surface area contributed by atoms with Crippen LogP contribution in [0.4, 0.5) is 0 Å². The molecule has 1 aromatic carbocycles. The minimum absolute atomic E-state index is 0.0167. The summed E-state index contributed by atoms with van der Waals surface area (Å²) in [7, 11) is 0. The van der Waals surface area contributed by atoms with Crippen LogP contribution in [0.25, 0.3) is 0 Å². The Labute approximate surface area is 199 Å². The third kappa shape index (κ3) is 6.07. The number of rotatable bonds is 6. The number of hydrogen-bond acceptors (Lipinski definition) is 2. The molecule has 1 aliphatic rings. The second-order valence-corrected chi connectivity index (χ2v) is 11.5. The Hall–Kier alpha value is -2.56. The molecule has 0 saturated carbocycles. The summed E-state index contributed by atoms with van der Waals surface area (Å²) in [6.07, 6.45) is 3.37.